The summed E-state index contributed by atoms with van der Waals surface area (Å²) in [7, 11) is 0. The summed E-state index contributed by atoms with van der Waals surface area (Å²) in [6.07, 6.45) is 1.17. The van der Waals surface area contributed by atoms with E-state index in [1.54, 1.807) is 24.3 Å². The van der Waals surface area contributed by atoms with E-state index in [1.165, 1.54) is 11.1 Å². The minimum absolute atomic E-state index is 0.00669. The third kappa shape index (κ3) is 5.41. The third-order valence-corrected chi connectivity index (χ3v) is 5.66. The molecular formula is C27H27NO5. The first-order chi connectivity index (χ1) is 16.2. The van der Waals surface area contributed by atoms with Crippen molar-refractivity contribution in [1.29, 1.82) is 0 Å². The van der Waals surface area contributed by atoms with Crippen LogP contribution in [0.4, 0.5) is 4.79 Å². The molecular weight excluding hydrogens is 418 g/mol. The van der Waals surface area contributed by atoms with Gasteiger partial charge in [0.2, 0.25) is 0 Å². The van der Waals surface area contributed by atoms with E-state index in [2.05, 4.69) is 29.7 Å². The third-order valence-electron chi connectivity index (χ3n) is 5.66. The van der Waals surface area contributed by atoms with Crippen molar-refractivity contribution >= 4 is 12.1 Å². The molecule has 1 aliphatic carbocycles. The zero-order valence-electron chi connectivity index (χ0n) is 18.6. The summed E-state index contributed by atoms with van der Waals surface area (Å²) in [5.41, 5.74) is 8.27. The largest absolute Gasteiger partial charge is 0.462 e. The van der Waals surface area contributed by atoms with Crippen LogP contribution in [0.3, 0.4) is 0 Å². The number of fused-ring (bicyclic) bond motifs is 3. The second-order valence-corrected chi connectivity index (χ2v) is 7.90. The molecule has 1 N–H and O–H groups in total. The van der Waals surface area contributed by atoms with E-state index in [0.29, 0.717) is 12.2 Å². The van der Waals surface area contributed by atoms with Crippen LogP contribution >= 0.6 is 0 Å². The van der Waals surface area contributed by atoms with Gasteiger partial charge in [-0.05, 0) is 46.4 Å². The Balaban J connectivity index is 1.24. The molecule has 170 valence electrons. The molecule has 0 spiro atoms. The van der Waals surface area contributed by atoms with Crippen LogP contribution in [0, 0.1) is 0 Å². The molecule has 33 heavy (non-hydrogen) atoms. The van der Waals surface area contributed by atoms with Gasteiger partial charge in [0, 0.05) is 5.92 Å². The highest BCUT2D eigenvalue weighted by atomic mass is 16.7. The second-order valence-electron chi connectivity index (χ2n) is 7.90. The van der Waals surface area contributed by atoms with E-state index >= 15 is 0 Å². The van der Waals surface area contributed by atoms with Crippen LogP contribution in [0.15, 0.2) is 72.8 Å². The SMILES string of the molecule is CCCCOC(=O)c1ccc(CONC(=O)OCC2c3ccccc3-c3ccccc32)cc1. The Morgan fingerprint density at radius 2 is 1.48 bits per heavy atom. The minimum atomic E-state index is -0.645. The quantitative estimate of drug-likeness (QED) is 0.263. The average molecular weight is 446 g/mol. The van der Waals surface area contributed by atoms with Gasteiger partial charge in [-0.25, -0.2) is 9.59 Å². The van der Waals surface area contributed by atoms with Crippen LogP contribution in [-0.2, 0) is 20.9 Å². The van der Waals surface area contributed by atoms with Gasteiger partial charge in [-0.3, -0.25) is 4.84 Å². The number of carbonyl (C=O) groups excluding carboxylic acids is 2. The molecule has 0 saturated heterocycles. The monoisotopic (exact) mass is 445 g/mol. The topological polar surface area (TPSA) is 73.9 Å². The molecule has 0 saturated carbocycles. The van der Waals surface area contributed by atoms with Crippen LogP contribution in [0.1, 0.15) is 52.7 Å². The fourth-order valence-corrected chi connectivity index (χ4v) is 3.94. The summed E-state index contributed by atoms with van der Waals surface area (Å²) in [5.74, 6) is -0.347. The highest BCUT2D eigenvalue weighted by molar-refractivity contribution is 5.89. The summed E-state index contributed by atoms with van der Waals surface area (Å²) in [6, 6.07) is 23.2. The number of rotatable bonds is 9. The zero-order valence-corrected chi connectivity index (χ0v) is 18.6. The van der Waals surface area contributed by atoms with E-state index in [9.17, 15) is 9.59 Å². The Hall–Kier alpha value is -3.64. The first-order valence-electron chi connectivity index (χ1n) is 11.2. The van der Waals surface area contributed by atoms with Crippen molar-refractivity contribution in [2.24, 2.45) is 0 Å². The van der Waals surface area contributed by atoms with E-state index in [-0.39, 0.29) is 25.1 Å². The maximum Gasteiger partial charge on any atom is 0.431 e. The lowest BCUT2D eigenvalue weighted by molar-refractivity contribution is 0.0177. The number of amides is 1. The first-order valence-corrected chi connectivity index (χ1v) is 11.2. The molecule has 1 amide bonds. The number of ether oxygens (including phenoxy) is 2. The number of benzene rings is 3. The van der Waals surface area contributed by atoms with E-state index in [4.69, 9.17) is 14.3 Å². The van der Waals surface area contributed by atoms with Crippen molar-refractivity contribution in [1.82, 2.24) is 5.48 Å². The number of carbonyl (C=O) groups is 2. The summed E-state index contributed by atoms with van der Waals surface area (Å²) in [5, 5.41) is 0. The molecule has 0 bridgehead atoms. The Bertz CT molecular complexity index is 1060. The first kappa shape index (κ1) is 22.6. The van der Waals surface area contributed by atoms with Crippen molar-refractivity contribution < 1.29 is 23.9 Å². The number of esters is 1. The molecule has 0 radical (unpaired) electrons. The van der Waals surface area contributed by atoms with Gasteiger partial charge in [0.15, 0.2) is 0 Å². The lowest BCUT2D eigenvalue weighted by Crippen LogP contribution is -2.26. The standard InChI is InChI=1S/C27H27NO5/c1-2-3-16-31-26(29)20-14-12-19(13-15-20)17-33-28-27(30)32-18-25-23-10-6-4-8-21(23)22-9-5-7-11-24(22)25/h4-15,25H,2-3,16-18H2,1H3,(H,28,30). The fourth-order valence-electron chi connectivity index (χ4n) is 3.94. The van der Waals surface area contributed by atoms with Gasteiger partial charge in [-0.1, -0.05) is 74.0 Å². The van der Waals surface area contributed by atoms with Gasteiger partial charge in [0.1, 0.15) is 6.61 Å². The van der Waals surface area contributed by atoms with Gasteiger partial charge in [0.05, 0.1) is 18.8 Å². The van der Waals surface area contributed by atoms with Gasteiger partial charge >= 0.3 is 12.1 Å². The van der Waals surface area contributed by atoms with E-state index in [1.807, 2.05) is 31.2 Å². The molecule has 0 aromatic heterocycles. The molecule has 1 aliphatic rings. The van der Waals surface area contributed by atoms with Gasteiger partial charge in [-0.15, -0.1) is 0 Å². The molecule has 4 rings (SSSR count). The predicted molar refractivity (Wildman–Crippen MR) is 125 cm³/mol. The summed E-state index contributed by atoms with van der Waals surface area (Å²) >= 11 is 0. The van der Waals surface area contributed by atoms with Gasteiger partial charge in [-0.2, -0.15) is 5.48 Å². The number of hydroxylamine groups is 1. The zero-order chi connectivity index (χ0) is 23.0. The summed E-state index contributed by atoms with van der Waals surface area (Å²) in [4.78, 5) is 29.4. The lowest BCUT2D eigenvalue weighted by Gasteiger charge is -2.14. The van der Waals surface area contributed by atoms with Crippen molar-refractivity contribution in [3.8, 4) is 11.1 Å². The molecule has 6 nitrogen and oxygen atoms in total. The van der Waals surface area contributed by atoms with Crippen LogP contribution in [0.2, 0.25) is 0 Å². The Kier molecular flexibility index (Phi) is 7.37. The number of nitrogens with one attached hydrogen (secondary N) is 1. The molecule has 0 unspecified atom stereocenters. The highest BCUT2D eigenvalue weighted by Gasteiger charge is 2.29. The number of hydrogen-bond acceptors (Lipinski definition) is 5. The molecule has 0 heterocycles. The fraction of sp³-hybridized carbons (Fsp3) is 0.259. The van der Waals surface area contributed by atoms with Crippen LogP contribution in [0.5, 0.6) is 0 Å². The average Bonchev–Trinajstić information content (AvgIpc) is 3.17. The van der Waals surface area contributed by atoms with Gasteiger partial charge < -0.3 is 9.47 Å². The van der Waals surface area contributed by atoms with Crippen molar-refractivity contribution in [3.05, 3.63) is 95.1 Å². The van der Waals surface area contributed by atoms with Gasteiger partial charge in [0.25, 0.3) is 0 Å². The molecule has 0 atom stereocenters. The van der Waals surface area contributed by atoms with E-state index in [0.717, 1.165) is 29.5 Å². The van der Waals surface area contributed by atoms with Crippen molar-refractivity contribution in [3.63, 3.8) is 0 Å². The maximum atomic E-state index is 12.2. The van der Waals surface area contributed by atoms with E-state index < -0.39 is 6.09 Å². The second kappa shape index (κ2) is 10.8. The molecule has 0 fully saturated rings. The van der Waals surface area contributed by atoms with Crippen LogP contribution in [0.25, 0.3) is 11.1 Å². The smallest absolute Gasteiger partial charge is 0.431 e. The van der Waals surface area contributed by atoms with Crippen molar-refractivity contribution in [2.75, 3.05) is 13.2 Å². The molecule has 6 heteroatoms. The Morgan fingerprint density at radius 1 is 0.848 bits per heavy atom. The van der Waals surface area contributed by atoms with Crippen LogP contribution < -0.4 is 5.48 Å². The minimum Gasteiger partial charge on any atom is -0.462 e. The van der Waals surface area contributed by atoms with Crippen LogP contribution in [-0.4, -0.2) is 25.3 Å². The lowest BCUT2D eigenvalue weighted by atomic mass is 9.98. The Morgan fingerprint density at radius 3 is 2.12 bits per heavy atom. The summed E-state index contributed by atoms with van der Waals surface area (Å²) < 4.78 is 10.6. The number of hydrogen-bond donors (Lipinski definition) is 1. The molecule has 3 aromatic carbocycles. The molecule has 0 aliphatic heterocycles. The Labute approximate surface area is 193 Å². The highest BCUT2D eigenvalue weighted by Crippen LogP contribution is 2.44. The van der Waals surface area contributed by atoms with Crippen molar-refractivity contribution in [2.45, 2.75) is 32.3 Å². The maximum absolute atomic E-state index is 12.2. The predicted octanol–water partition coefficient (Wildman–Crippen LogP) is 5.61. The summed E-state index contributed by atoms with van der Waals surface area (Å²) in [6.45, 7) is 2.83. The molecule has 3 aromatic rings. The number of unbranched alkanes of at least 4 members (excludes halogenated alkanes) is 1. The normalized spacial score (nSPS) is 12.0.